The fraction of sp³-hybridized carbons (Fsp3) is 0.238. The summed E-state index contributed by atoms with van der Waals surface area (Å²) in [6.45, 7) is 5.45. The number of thiocarbonyl (C=S) groups is 1. The smallest absolute Gasteiger partial charge is 0.259 e. The summed E-state index contributed by atoms with van der Waals surface area (Å²) < 4.78 is 0. The van der Waals surface area contributed by atoms with Crippen molar-refractivity contribution in [2.24, 2.45) is 0 Å². The third-order valence-electron chi connectivity index (χ3n) is 4.87. The minimum Gasteiger partial charge on any atom is -0.355 e. The average Bonchev–Trinajstić information content (AvgIpc) is 2.85. The Morgan fingerprint density at radius 3 is 2.29 bits per heavy atom. The van der Waals surface area contributed by atoms with Crippen LogP contribution >= 0.6 is 12.2 Å². The van der Waals surface area contributed by atoms with E-state index in [1.54, 1.807) is 54.4 Å². The number of nitrogens with zero attached hydrogens (tertiary/aromatic N) is 3. The van der Waals surface area contributed by atoms with Crippen LogP contribution in [0.3, 0.4) is 0 Å². The van der Waals surface area contributed by atoms with Crippen molar-refractivity contribution in [3.05, 3.63) is 59.2 Å². The highest BCUT2D eigenvalue weighted by Gasteiger charge is 2.50. The number of nitriles is 1. The third-order valence-corrected chi connectivity index (χ3v) is 5.24. The molecule has 0 aliphatic carbocycles. The second kappa shape index (κ2) is 7.06. The number of carbonyl (C=O) groups is 2. The summed E-state index contributed by atoms with van der Waals surface area (Å²) in [6, 6.07) is 14.3. The largest absolute Gasteiger partial charge is 0.355 e. The summed E-state index contributed by atoms with van der Waals surface area (Å²) in [5.74, 6) is -0.336. The molecule has 3 rings (SSSR count). The molecule has 1 aliphatic heterocycles. The zero-order chi connectivity index (χ0) is 20.6. The highest BCUT2D eigenvalue weighted by molar-refractivity contribution is 7.81. The predicted octanol–water partition coefficient (Wildman–Crippen LogP) is 3.14. The van der Waals surface area contributed by atoms with E-state index in [4.69, 9.17) is 17.5 Å². The predicted molar refractivity (Wildman–Crippen MR) is 112 cm³/mol. The highest BCUT2D eigenvalue weighted by atomic mass is 32.1. The lowest BCUT2D eigenvalue weighted by atomic mass is 10.0. The Labute approximate surface area is 169 Å². The van der Waals surface area contributed by atoms with Crippen LogP contribution < -0.4 is 15.1 Å². The molecule has 7 heteroatoms. The van der Waals surface area contributed by atoms with Crippen molar-refractivity contribution in [3.63, 3.8) is 0 Å². The molecule has 1 heterocycles. The van der Waals surface area contributed by atoms with Crippen molar-refractivity contribution >= 4 is 40.5 Å². The monoisotopic (exact) mass is 392 g/mol. The van der Waals surface area contributed by atoms with E-state index in [2.05, 4.69) is 11.4 Å². The topological polar surface area (TPSA) is 76.4 Å². The average molecular weight is 392 g/mol. The van der Waals surface area contributed by atoms with E-state index in [1.165, 1.54) is 4.90 Å². The van der Waals surface area contributed by atoms with Crippen LogP contribution in [-0.2, 0) is 4.79 Å². The Bertz CT molecular complexity index is 1020. The first kappa shape index (κ1) is 19.5. The van der Waals surface area contributed by atoms with E-state index in [9.17, 15) is 9.59 Å². The van der Waals surface area contributed by atoms with Crippen LogP contribution in [0.15, 0.2) is 42.5 Å². The molecule has 142 valence electrons. The molecule has 2 aromatic rings. The highest BCUT2D eigenvalue weighted by Crippen LogP contribution is 2.36. The summed E-state index contributed by atoms with van der Waals surface area (Å²) >= 11 is 5.65. The van der Waals surface area contributed by atoms with Crippen LogP contribution in [-0.4, -0.2) is 29.5 Å². The summed E-state index contributed by atoms with van der Waals surface area (Å²) in [5, 5.41) is 12.1. The van der Waals surface area contributed by atoms with E-state index < -0.39 is 5.54 Å². The van der Waals surface area contributed by atoms with Gasteiger partial charge in [-0.3, -0.25) is 14.5 Å². The van der Waals surface area contributed by atoms with Gasteiger partial charge in [0.2, 0.25) is 0 Å². The van der Waals surface area contributed by atoms with Crippen molar-refractivity contribution in [1.82, 2.24) is 5.32 Å². The van der Waals surface area contributed by atoms with Gasteiger partial charge in [0.15, 0.2) is 5.11 Å². The summed E-state index contributed by atoms with van der Waals surface area (Å²) in [4.78, 5) is 28.2. The maximum atomic E-state index is 13.2. The Morgan fingerprint density at radius 2 is 1.75 bits per heavy atom. The number of nitrogens with one attached hydrogen (secondary N) is 1. The minimum absolute atomic E-state index is 0.156. The normalized spacial score (nSPS) is 15.5. The molecule has 2 amide bonds. The van der Waals surface area contributed by atoms with Gasteiger partial charge in [-0.1, -0.05) is 0 Å². The maximum absolute atomic E-state index is 13.2. The van der Waals surface area contributed by atoms with Crippen LogP contribution in [0, 0.1) is 18.3 Å². The lowest BCUT2D eigenvalue weighted by Gasteiger charge is -2.29. The maximum Gasteiger partial charge on any atom is 0.259 e. The van der Waals surface area contributed by atoms with Crippen LogP contribution in [0.4, 0.5) is 11.4 Å². The lowest BCUT2D eigenvalue weighted by Crippen LogP contribution is -2.44. The zero-order valence-corrected chi connectivity index (χ0v) is 16.9. The number of amides is 2. The van der Waals surface area contributed by atoms with Gasteiger partial charge in [-0.2, -0.15) is 5.26 Å². The molecular formula is C21H20N4O2S. The van der Waals surface area contributed by atoms with Crippen LogP contribution in [0.5, 0.6) is 0 Å². The molecule has 0 saturated carbocycles. The molecule has 0 spiro atoms. The van der Waals surface area contributed by atoms with Gasteiger partial charge in [-0.05, 0) is 81.0 Å². The standard InChI is InChI=1S/C21H20N4O2S/c1-13-11-17(10-7-15(13)12-22)24-19(27)21(2,3)25(20(24)28)16-8-5-14(6-9-16)18(26)23-4/h5-11H,1-4H3,(H,23,26). The molecule has 0 atom stereocenters. The Hall–Kier alpha value is -3.24. The Kier molecular flexibility index (Phi) is 4.92. The first-order valence-electron chi connectivity index (χ1n) is 8.74. The van der Waals surface area contributed by atoms with E-state index >= 15 is 0 Å². The van der Waals surface area contributed by atoms with E-state index in [1.807, 2.05) is 20.8 Å². The minimum atomic E-state index is -0.895. The number of benzene rings is 2. The van der Waals surface area contributed by atoms with Gasteiger partial charge in [0.1, 0.15) is 5.54 Å². The fourth-order valence-electron chi connectivity index (χ4n) is 3.27. The number of anilines is 2. The molecule has 28 heavy (non-hydrogen) atoms. The van der Waals surface area contributed by atoms with E-state index in [-0.39, 0.29) is 11.8 Å². The molecule has 0 radical (unpaired) electrons. The molecule has 1 N–H and O–H groups in total. The summed E-state index contributed by atoms with van der Waals surface area (Å²) in [7, 11) is 1.57. The van der Waals surface area contributed by atoms with Crippen molar-refractivity contribution < 1.29 is 9.59 Å². The first-order valence-corrected chi connectivity index (χ1v) is 9.15. The number of rotatable bonds is 3. The third kappa shape index (κ3) is 3.02. The molecule has 2 aromatic carbocycles. The van der Waals surface area contributed by atoms with E-state index in [0.717, 1.165) is 11.3 Å². The van der Waals surface area contributed by atoms with Crippen LogP contribution in [0.25, 0.3) is 0 Å². The van der Waals surface area contributed by atoms with Crippen molar-refractivity contribution in [2.75, 3.05) is 16.8 Å². The fourth-order valence-corrected chi connectivity index (χ4v) is 3.80. The van der Waals surface area contributed by atoms with Gasteiger partial charge in [0.25, 0.3) is 11.8 Å². The molecule has 1 aliphatic rings. The molecule has 0 aromatic heterocycles. The lowest BCUT2D eigenvalue weighted by molar-refractivity contribution is -0.120. The van der Waals surface area contributed by atoms with E-state index in [0.29, 0.717) is 21.9 Å². The molecular weight excluding hydrogens is 372 g/mol. The second-order valence-corrected chi connectivity index (χ2v) is 7.42. The summed E-state index contributed by atoms with van der Waals surface area (Å²) in [5.41, 5.74) is 2.32. The quantitative estimate of drug-likeness (QED) is 0.812. The molecule has 0 unspecified atom stereocenters. The second-order valence-electron chi connectivity index (χ2n) is 7.05. The molecule has 1 fully saturated rings. The Balaban J connectivity index is 2.01. The number of carbonyl (C=O) groups excluding carboxylic acids is 2. The number of aryl methyl sites for hydroxylation is 1. The summed E-state index contributed by atoms with van der Waals surface area (Å²) in [6.07, 6.45) is 0. The van der Waals surface area contributed by atoms with Gasteiger partial charge in [-0.15, -0.1) is 0 Å². The molecule has 6 nitrogen and oxygen atoms in total. The number of hydrogen-bond acceptors (Lipinski definition) is 4. The van der Waals surface area contributed by atoms with Gasteiger partial charge in [0, 0.05) is 18.3 Å². The number of hydrogen-bond donors (Lipinski definition) is 1. The van der Waals surface area contributed by atoms with Crippen molar-refractivity contribution in [3.8, 4) is 6.07 Å². The van der Waals surface area contributed by atoms with Crippen LogP contribution in [0.2, 0.25) is 0 Å². The van der Waals surface area contributed by atoms with Gasteiger partial charge in [-0.25, -0.2) is 0 Å². The van der Waals surface area contributed by atoms with Crippen molar-refractivity contribution in [2.45, 2.75) is 26.3 Å². The molecule has 0 bridgehead atoms. The SMILES string of the molecule is CNC(=O)c1ccc(N2C(=S)N(c3ccc(C#N)c(C)c3)C(=O)C2(C)C)cc1. The zero-order valence-electron chi connectivity index (χ0n) is 16.1. The van der Waals surface area contributed by atoms with Gasteiger partial charge < -0.3 is 10.2 Å². The van der Waals surface area contributed by atoms with Crippen molar-refractivity contribution in [1.29, 1.82) is 5.26 Å². The van der Waals surface area contributed by atoms with Gasteiger partial charge >= 0.3 is 0 Å². The molecule has 1 saturated heterocycles. The van der Waals surface area contributed by atoms with Crippen LogP contribution in [0.1, 0.15) is 35.3 Å². The Morgan fingerprint density at radius 1 is 1.14 bits per heavy atom. The van der Waals surface area contributed by atoms with Gasteiger partial charge in [0.05, 0.1) is 17.3 Å². The first-order chi connectivity index (χ1) is 13.2.